The second-order valence-corrected chi connectivity index (χ2v) is 6.77. The third-order valence-electron chi connectivity index (χ3n) is 2.69. The molecule has 0 aliphatic heterocycles. The lowest BCUT2D eigenvalue weighted by Gasteiger charge is -2.09. The molecule has 9 heteroatoms. The highest BCUT2D eigenvalue weighted by atomic mass is 79.9. The van der Waals surface area contributed by atoms with E-state index >= 15 is 0 Å². The fraction of sp³-hybridized carbons (Fsp3) is 0.250. The van der Waals surface area contributed by atoms with Gasteiger partial charge in [0.25, 0.3) is 10.0 Å². The van der Waals surface area contributed by atoms with Crippen LogP contribution in [0.1, 0.15) is 12.5 Å². The Morgan fingerprint density at radius 2 is 2.19 bits per heavy atom. The van der Waals surface area contributed by atoms with Crippen LogP contribution in [0, 0.1) is 5.82 Å². The van der Waals surface area contributed by atoms with Gasteiger partial charge in [-0.2, -0.15) is 13.5 Å². The van der Waals surface area contributed by atoms with Crippen LogP contribution >= 0.6 is 15.9 Å². The summed E-state index contributed by atoms with van der Waals surface area (Å²) in [6, 6.07) is 4.08. The van der Waals surface area contributed by atoms with Crippen LogP contribution in [0.25, 0.3) is 0 Å². The molecule has 1 aromatic carbocycles. The van der Waals surface area contributed by atoms with Crippen molar-refractivity contribution in [3.05, 3.63) is 40.2 Å². The highest BCUT2D eigenvalue weighted by molar-refractivity contribution is 9.10. The van der Waals surface area contributed by atoms with Crippen molar-refractivity contribution in [1.82, 2.24) is 15.5 Å². The first-order valence-electron chi connectivity index (χ1n) is 6.15. The van der Waals surface area contributed by atoms with Crippen molar-refractivity contribution >= 4 is 31.6 Å². The Labute approximate surface area is 130 Å². The molecule has 0 saturated heterocycles. The second kappa shape index (κ2) is 6.54. The van der Waals surface area contributed by atoms with Gasteiger partial charge in [-0.25, -0.2) is 4.39 Å². The Bertz CT molecular complexity index is 733. The van der Waals surface area contributed by atoms with Gasteiger partial charge < -0.3 is 5.32 Å². The average molecular weight is 377 g/mol. The quantitative estimate of drug-likeness (QED) is 0.721. The number of aromatic nitrogens is 2. The van der Waals surface area contributed by atoms with Crippen molar-refractivity contribution in [2.75, 3.05) is 11.3 Å². The maximum absolute atomic E-state index is 13.7. The van der Waals surface area contributed by atoms with E-state index in [0.29, 0.717) is 23.1 Å². The Morgan fingerprint density at radius 1 is 1.43 bits per heavy atom. The molecule has 2 aromatic rings. The Kier molecular flexibility index (Phi) is 4.96. The first-order valence-corrected chi connectivity index (χ1v) is 8.42. The lowest BCUT2D eigenvalue weighted by molar-refractivity contribution is 0.592. The smallest absolute Gasteiger partial charge is 0.279 e. The van der Waals surface area contributed by atoms with Gasteiger partial charge in [-0.1, -0.05) is 22.9 Å². The van der Waals surface area contributed by atoms with Gasteiger partial charge in [-0.15, -0.1) is 0 Å². The zero-order valence-corrected chi connectivity index (χ0v) is 13.6. The van der Waals surface area contributed by atoms with E-state index in [1.165, 1.54) is 18.3 Å². The molecule has 0 unspecified atom stereocenters. The highest BCUT2D eigenvalue weighted by Crippen LogP contribution is 2.23. The molecule has 0 fully saturated rings. The maximum Gasteiger partial charge on any atom is 0.279 e. The fourth-order valence-electron chi connectivity index (χ4n) is 1.69. The molecule has 6 nitrogen and oxygen atoms in total. The number of halogens is 2. The Hall–Kier alpha value is -1.45. The van der Waals surface area contributed by atoms with Crippen molar-refractivity contribution in [2.45, 2.75) is 18.5 Å². The van der Waals surface area contributed by atoms with Gasteiger partial charge in [0.05, 0.1) is 11.9 Å². The van der Waals surface area contributed by atoms with Gasteiger partial charge in [0.1, 0.15) is 5.82 Å². The van der Waals surface area contributed by atoms with Crippen LogP contribution in [0.2, 0.25) is 0 Å². The Morgan fingerprint density at radius 3 is 2.86 bits per heavy atom. The summed E-state index contributed by atoms with van der Waals surface area (Å²) in [5, 5.41) is 9.10. The fourth-order valence-corrected chi connectivity index (χ4v) is 3.22. The number of H-pyrrole nitrogens is 1. The molecule has 3 N–H and O–H groups in total. The van der Waals surface area contributed by atoms with Gasteiger partial charge in [-0.3, -0.25) is 9.82 Å². The number of nitrogens with one attached hydrogen (secondary N) is 3. The SMILES string of the molecule is CCNCc1cn[nH]c1S(=O)(=O)Nc1ccc(Br)cc1F. The topological polar surface area (TPSA) is 86.9 Å². The van der Waals surface area contributed by atoms with Crippen molar-refractivity contribution in [1.29, 1.82) is 0 Å². The number of hydrogen-bond acceptors (Lipinski definition) is 4. The van der Waals surface area contributed by atoms with Crippen LogP contribution in [-0.4, -0.2) is 25.2 Å². The molecule has 0 amide bonds. The van der Waals surface area contributed by atoms with E-state index in [9.17, 15) is 12.8 Å². The molecule has 0 atom stereocenters. The monoisotopic (exact) mass is 376 g/mol. The molecule has 0 aliphatic rings. The summed E-state index contributed by atoms with van der Waals surface area (Å²) in [7, 11) is -3.93. The third kappa shape index (κ3) is 3.80. The number of rotatable bonds is 6. The van der Waals surface area contributed by atoms with E-state index in [-0.39, 0.29) is 10.7 Å². The summed E-state index contributed by atoms with van der Waals surface area (Å²) >= 11 is 3.11. The van der Waals surface area contributed by atoms with Crippen LogP contribution < -0.4 is 10.0 Å². The molecule has 0 saturated carbocycles. The van der Waals surface area contributed by atoms with Crippen LogP contribution in [0.5, 0.6) is 0 Å². The summed E-state index contributed by atoms with van der Waals surface area (Å²) < 4.78 is 41.1. The van der Waals surface area contributed by atoms with E-state index in [2.05, 4.69) is 36.2 Å². The van der Waals surface area contributed by atoms with E-state index < -0.39 is 15.8 Å². The molecule has 1 heterocycles. The summed E-state index contributed by atoms with van der Waals surface area (Å²) in [4.78, 5) is 0. The van der Waals surface area contributed by atoms with Crippen LogP contribution in [-0.2, 0) is 16.6 Å². The summed E-state index contributed by atoms with van der Waals surface area (Å²) in [5.74, 6) is -0.666. The number of aromatic amines is 1. The van der Waals surface area contributed by atoms with E-state index in [1.54, 1.807) is 6.07 Å². The maximum atomic E-state index is 13.7. The normalized spacial score (nSPS) is 11.6. The van der Waals surface area contributed by atoms with E-state index in [0.717, 1.165) is 0 Å². The molecule has 0 bridgehead atoms. The van der Waals surface area contributed by atoms with Gasteiger partial charge >= 0.3 is 0 Å². The van der Waals surface area contributed by atoms with Crippen molar-refractivity contribution in [3.8, 4) is 0 Å². The average Bonchev–Trinajstić information content (AvgIpc) is 2.89. The highest BCUT2D eigenvalue weighted by Gasteiger charge is 2.22. The van der Waals surface area contributed by atoms with Gasteiger partial charge in [0.2, 0.25) is 0 Å². The van der Waals surface area contributed by atoms with Gasteiger partial charge in [0.15, 0.2) is 5.03 Å². The van der Waals surface area contributed by atoms with Crippen LogP contribution in [0.3, 0.4) is 0 Å². The zero-order chi connectivity index (χ0) is 15.5. The first-order chi connectivity index (χ1) is 9.94. The van der Waals surface area contributed by atoms with Crippen LogP contribution in [0.4, 0.5) is 10.1 Å². The molecular formula is C12H14BrFN4O2S. The lowest BCUT2D eigenvalue weighted by Crippen LogP contribution is -2.19. The predicted molar refractivity (Wildman–Crippen MR) is 80.9 cm³/mol. The Balaban J connectivity index is 2.28. The number of nitrogens with zero attached hydrogens (tertiary/aromatic N) is 1. The summed E-state index contributed by atoms with van der Waals surface area (Å²) in [5.41, 5.74) is 0.365. The van der Waals surface area contributed by atoms with E-state index in [1.807, 2.05) is 6.92 Å². The number of sulfonamides is 1. The van der Waals surface area contributed by atoms with Crippen LogP contribution in [0.15, 0.2) is 33.9 Å². The molecule has 0 radical (unpaired) electrons. The number of anilines is 1. The molecule has 2 rings (SSSR count). The molecule has 114 valence electrons. The zero-order valence-electron chi connectivity index (χ0n) is 11.2. The first kappa shape index (κ1) is 15.9. The molecule has 0 spiro atoms. The number of benzene rings is 1. The lowest BCUT2D eigenvalue weighted by atomic mass is 10.3. The largest absolute Gasteiger partial charge is 0.313 e. The number of hydrogen-bond donors (Lipinski definition) is 3. The minimum absolute atomic E-state index is 0.0780. The van der Waals surface area contributed by atoms with Crippen molar-refractivity contribution in [2.24, 2.45) is 0 Å². The molecule has 1 aromatic heterocycles. The van der Waals surface area contributed by atoms with Crippen molar-refractivity contribution < 1.29 is 12.8 Å². The third-order valence-corrected chi connectivity index (χ3v) is 4.56. The predicted octanol–water partition coefficient (Wildman–Crippen LogP) is 2.22. The standard InChI is InChI=1S/C12H14BrFN4O2S/c1-2-15-6-8-7-16-17-12(8)21(19,20)18-11-4-3-9(13)5-10(11)14/h3-5,7,15,18H,2,6H2,1H3,(H,16,17). The second-order valence-electron chi connectivity index (χ2n) is 4.23. The summed E-state index contributed by atoms with van der Waals surface area (Å²) in [6.07, 6.45) is 1.43. The molecular weight excluding hydrogens is 363 g/mol. The van der Waals surface area contributed by atoms with Gasteiger partial charge in [0, 0.05) is 16.6 Å². The van der Waals surface area contributed by atoms with E-state index in [4.69, 9.17) is 0 Å². The van der Waals surface area contributed by atoms with Crippen molar-refractivity contribution in [3.63, 3.8) is 0 Å². The minimum Gasteiger partial charge on any atom is -0.313 e. The van der Waals surface area contributed by atoms with Gasteiger partial charge in [-0.05, 0) is 24.7 Å². The molecule has 21 heavy (non-hydrogen) atoms. The minimum atomic E-state index is -3.93. The summed E-state index contributed by atoms with van der Waals surface area (Å²) in [6.45, 7) is 2.95. The molecule has 0 aliphatic carbocycles.